The van der Waals surface area contributed by atoms with Crippen LogP contribution in [0.2, 0.25) is 0 Å². The smallest absolute Gasteiger partial charge is 0.315 e. The SMILES string of the molecule is CCNC(=O)NCc1ccc(Sc2nc(N3CCCN(C)CC3)c(C#N)c(CC)c2C#N)c(CC)c1. The highest BCUT2D eigenvalue weighted by Gasteiger charge is 2.24. The molecule has 0 radical (unpaired) electrons. The van der Waals surface area contributed by atoms with Gasteiger partial charge >= 0.3 is 6.03 Å². The van der Waals surface area contributed by atoms with Crippen molar-refractivity contribution in [3.63, 3.8) is 0 Å². The first-order valence-corrected chi connectivity index (χ1v) is 13.4. The Morgan fingerprint density at radius 3 is 2.50 bits per heavy atom. The van der Waals surface area contributed by atoms with Crippen LogP contribution in [0.3, 0.4) is 0 Å². The fourth-order valence-corrected chi connectivity index (χ4v) is 5.45. The van der Waals surface area contributed by atoms with E-state index in [1.165, 1.54) is 11.8 Å². The van der Waals surface area contributed by atoms with Gasteiger partial charge in [-0.25, -0.2) is 9.78 Å². The van der Waals surface area contributed by atoms with Gasteiger partial charge < -0.3 is 20.4 Å². The molecular weight excluding hydrogens is 470 g/mol. The van der Waals surface area contributed by atoms with E-state index in [2.05, 4.69) is 52.6 Å². The molecule has 190 valence electrons. The Bertz CT molecular complexity index is 1170. The number of anilines is 1. The molecule has 0 aliphatic carbocycles. The van der Waals surface area contributed by atoms with Crippen LogP contribution in [0.25, 0.3) is 0 Å². The number of carbonyl (C=O) groups excluding carboxylic acids is 1. The minimum Gasteiger partial charge on any atom is -0.354 e. The number of pyridine rings is 1. The van der Waals surface area contributed by atoms with Crippen LogP contribution in [0.1, 0.15) is 55.0 Å². The van der Waals surface area contributed by atoms with E-state index in [0.717, 1.165) is 60.6 Å². The number of likely N-dealkylation sites (N-methyl/N-ethyl adjacent to an activating group) is 1. The maximum atomic E-state index is 11.8. The van der Waals surface area contributed by atoms with Crippen molar-refractivity contribution in [2.75, 3.05) is 44.7 Å². The molecule has 1 aromatic heterocycles. The van der Waals surface area contributed by atoms with E-state index in [1.807, 2.05) is 26.0 Å². The topological polar surface area (TPSA) is 108 Å². The molecule has 1 aromatic carbocycles. The third-order valence-electron chi connectivity index (χ3n) is 6.35. The van der Waals surface area contributed by atoms with Crippen molar-refractivity contribution in [1.82, 2.24) is 20.5 Å². The van der Waals surface area contributed by atoms with E-state index in [4.69, 9.17) is 4.98 Å². The lowest BCUT2D eigenvalue weighted by Crippen LogP contribution is -2.34. The van der Waals surface area contributed by atoms with E-state index in [1.54, 1.807) is 0 Å². The van der Waals surface area contributed by atoms with Gasteiger partial charge in [-0.3, -0.25) is 0 Å². The Labute approximate surface area is 218 Å². The van der Waals surface area contributed by atoms with E-state index in [-0.39, 0.29) is 6.03 Å². The Hall–Kier alpha value is -3.27. The van der Waals surface area contributed by atoms with Gasteiger partial charge in [0.1, 0.15) is 23.0 Å². The van der Waals surface area contributed by atoms with Crippen LogP contribution in [0.4, 0.5) is 10.6 Å². The van der Waals surface area contributed by atoms with Crippen LogP contribution in [-0.4, -0.2) is 55.7 Å². The summed E-state index contributed by atoms with van der Waals surface area (Å²) >= 11 is 1.48. The molecule has 36 heavy (non-hydrogen) atoms. The summed E-state index contributed by atoms with van der Waals surface area (Å²) in [4.78, 5) is 22.2. The number of nitriles is 2. The molecule has 2 N–H and O–H groups in total. The summed E-state index contributed by atoms with van der Waals surface area (Å²) < 4.78 is 0. The summed E-state index contributed by atoms with van der Waals surface area (Å²) in [7, 11) is 2.11. The second kappa shape index (κ2) is 13.2. The predicted octanol–water partition coefficient (Wildman–Crippen LogP) is 4.06. The molecule has 1 fully saturated rings. The van der Waals surface area contributed by atoms with Gasteiger partial charge in [0.05, 0.1) is 11.1 Å². The summed E-state index contributed by atoms with van der Waals surface area (Å²) in [6.45, 7) is 10.5. The molecule has 2 aromatic rings. The summed E-state index contributed by atoms with van der Waals surface area (Å²) in [5.74, 6) is 0.687. The largest absolute Gasteiger partial charge is 0.354 e. The average Bonchev–Trinajstić information content (AvgIpc) is 3.11. The van der Waals surface area contributed by atoms with Crippen molar-refractivity contribution in [2.24, 2.45) is 0 Å². The molecule has 3 rings (SSSR count). The third-order valence-corrected chi connectivity index (χ3v) is 7.45. The minimum atomic E-state index is -0.186. The highest BCUT2D eigenvalue weighted by atomic mass is 32.2. The first-order valence-electron chi connectivity index (χ1n) is 12.6. The van der Waals surface area contributed by atoms with Crippen LogP contribution >= 0.6 is 11.8 Å². The number of amides is 2. The van der Waals surface area contributed by atoms with Gasteiger partial charge in [0, 0.05) is 37.6 Å². The Morgan fingerprint density at radius 1 is 1.06 bits per heavy atom. The van der Waals surface area contributed by atoms with Crippen LogP contribution in [-0.2, 0) is 19.4 Å². The van der Waals surface area contributed by atoms with Crippen molar-refractivity contribution in [1.29, 1.82) is 10.5 Å². The lowest BCUT2D eigenvalue weighted by atomic mass is 10.0. The number of rotatable bonds is 8. The number of benzene rings is 1. The zero-order chi connectivity index (χ0) is 26.1. The standard InChI is InChI=1S/C27H35N7OS/c1-5-20-15-19(18-31-27(35)30-7-3)9-10-24(20)36-26-23(17-29)21(6-2)22(16-28)25(32-26)34-12-8-11-33(4)13-14-34/h9-10,15H,5-8,11-14,18H2,1-4H3,(H2,30,31,35). The normalized spacial score (nSPS) is 14.0. The van der Waals surface area contributed by atoms with Crippen molar-refractivity contribution in [3.8, 4) is 12.1 Å². The lowest BCUT2D eigenvalue weighted by molar-refractivity contribution is 0.241. The highest BCUT2D eigenvalue weighted by molar-refractivity contribution is 7.99. The van der Waals surface area contributed by atoms with Crippen molar-refractivity contribution < 1.29 is 4.79 Å². The maximum Gasteiger partial charge on any atom is 0.315 e. The van der Waals surface area contributed by atoms with Crippen LogP contribution in [0.15, 0.2) is 28.1 Å². The number of aromatic nitrogens is 1. The summed E-state index contributed by atoms with van der Waals surface area (Å²) in [5.41, 5.74) is 3.91. The van der Waals surface area contributed by atoms with Gasteiger partial charge in [-0.05, 0) is 62.5 Å². The molecular formula is C27H35N7OS. The number of hydrogen-bond donors (Lipinski definition) is 2. The molecule has 0 saturated carbocycles. The van der Waals surface area contributed by atoms with Gasteiger partial charge in [-0.15, -0.1) is 0 Å². The maximum absolute atomic E-state index is 11.8. The van der Waals surface area contributed by atoms with Gasteiger partial charge in [0.25, 0.3) is 0 Å². The number of aryl methyl sites for hydroxylation is 1. The van der Waals surface area contributed by atoms with Gasteiger partial charge in [-0.1, -0.05) is 37.7 Å². The molecule has 0 spiro atoms. The Kier molecular flexibility index (Phi) is 9.98. The Morgan fingerprint density at radius 2 is 1.83 bits per heavy atom. The second-order valence-electron chi connectivity index (χ2n) is 8.80. The summed E-state index contributed by atoms with van der Waals surface area (Å²) in [5, 5.41) is 26.4. The molecule has 0 bridgehead atoms. The minimum absolute atomic E-state index is 0.186. The monoisotopic (exact) mass is 505 g/mol. The van der Waals surface area contributed by atoms with E-state index in [9.17, 15) is 15.3 Å². The molecule has 0 atom stereocenters. The Balaban J connectivity index is 1.98. The van der Waals surface area contributed by atoms with E-state index < -0.39 is 0 Å². The molecule has 0 unspecified atom stereocenters. The molecule has 1 aliphatic heterocycles. The molecule has 8 nitrogen and oxygen atoms in total. The van der Waals surface area contributed by atoms with Crippen LogP contribution < -0.4 is 15.5 Å². The van der Waals surface area contributed by atoms with Crippen LogP contribution in [0.5, 0.6) is 0 Å². The highest BCUT2D eigenvalue weighted by Crippen LogP contribution is 2.37. The van der Waals surface area contributed by atoms with Gasteiger partial charge in [-0.2, -0.15) is 10.5 Å². The summed E-state index contributed by atoms with van der Waals surface area (Å²) in [6, 6.07) is 10.6. The lowest BCUT2D eigenvalue weighted by Gasteiger charge is -2.25. The number of carbonyl (C=O) groups is 1. The molecule has 1 aliphatic rings. The predicted molar refractivity (Wildman–Crippen MR) is 143 cm³/mol. The second-order valence-corrected chi connectivity index (χ2v) is 9.83. The van der Waals surface area contributed by atoms with E-state index in [0.29, 0.717) is 41.5 Å². The molecule has 2 heterocycles. The quantitative estimate of drug-likeness (QED) is 0.557. The van der Waals surface area contributed by atoms with Gasteiger partial charge in [0.2, 0.25) is 0 Å². The van der Waals surface area contributed by atoms with Crippen molar-refractivity contribution in [3.05, 3.63) is 46.0 Å². The molecule has 2 amide bonds. The van der Waals surface area contributed by atoms with Gasteiger partial charge in [0.15, 0.2) is 0 Å². The van der Waals surface area contributed by atoms with Crippen molar-refractivity contribution >= 4 is 23.6 Å². The van der Waals surface area contributed by atoms with E-state index >= 15 is 0 Å². The average molecular weight is 506 g/mol. The number of nitrogens with one attached hydrogen (secondary N) is 2. The summed E-state index contributed by atoms with van der Waals surface area (Å²) in [6.07, 6.45) is 2.40. The molecule has 1 saturated heterocycles. The number of hydrogen-bond acceptors (Lipinski definition) is 7. The fourth-order valence-electron chi connectivity index (χ4n) is 4.37. The number of nitrogens with zero attached hydrogens (tertiary/aromatic N) is 5. The zero-order valence-corrected chi connectivity index (χ0v) is 22.5. The van der Waals surface area contributed by atoms with Crippen LogP contribution in [0, 0.1) is 22.7 Å². The zero-order valence-electron chi connectivity index (χ0n) is 21.6. The number of urea groups is 1. The third kappa shape index (κ3) is 6.48. The first-order chi connectivity index (χ1) is 17.4. The molecule has 9 heteroatoms. The first kappa shape index (κ1) is 27.3. The fraction of sp³-hybridized carbons (Fsp3) is 0.481. The van der Waals surface area contributed by atoms with Crippen molar-refractivity contribution in [2.45, 2.75) is 56.5 Å².